The maximum Gasteiger partial charge on any atom is 0.250 e. The van der Waals surface area contributed by atoms with Crippen LogP contribution in [-0.2, 0) is 4.79 Å². The molecule has 4 nitrogen and oxygen atoms in total. The van der Waals surface area contributed by atoms with E-state index in [0.717, 1.165) is 24.7 Å². The van der Waals surface area contributed by atoms with Gasteiger partial charge in [0.2, 0.25) is 5.78 Å². The number of hydrogen-bond donors (Lipinski definition) is 0. The number of nitrogens with zero attached hydrogens (tertiary/aromatic N) is 2. The fraction of sp³-hybridized carbons (Fsp3) is 0.462. The molecule has 1 aromatic rings. The molecule has 1 aliphatic rings. The standard InChI is InChI=1S/C13H16N2O2/c1-3-12(16)13(17)11-8-14-9(2)15(11)10-6-4-5-7-10/h3,8,10H,1,4-7H2,2H3. The highest BCUT2D eigenvalue weighted by Crippen LogP contribution is 2.31. The van der Waals surface area contributed by atoms with Gasteiger partial charge in [-0.3, -0.25) is 9.59 Å². The fourth-order valence-electron chi connectivity index (χ4n) is 2.46. The molecule has 1 heterocycles. The monoisotopic (exact) mass is 232 g/mol. The van der Waals surface area contributed by atoms with Gasteiger partial charge in [0.15, 0.2) is 0 Å². The Bertz CT molecular complexity index is 468. The first kappa shape index (κ1) is 11.8. The molecule has 0 unspecified atom stereocenters. The van der Waals surface area contributed by atoms with Crippen molar-refractivity contribution in [2.75, 3.05) is 0 Å². The number of ketones is 2. The van der Waals surface area contributed by atoms with Gasteiger partial charge < -0.3 is 4.57 Å². The molecule has 0 atom stereocenters. The number of aryl methyl sites for hydroxylation is 1. The van der Waals surface area contributed by atoms with Crippen molar-refractivity contribution in [3.05, 3.63) is 30.4 Å². The minimum Gasteiger partial charge on any atom is -0.322 e. The normalized spacial score (nSPS) is 16.1. The molecule has 0 aliphatic heterocycles. The van der Waals surface area contributed by atoms with Crippen molar-refractivity contribution in [2.45, 2.75) is 38.6 Å². The number of allylic oxidation sites excluding steroid dienone is 1. The first-order chi connectivity index (χ1) is 8.15. The Balaban J connectivity index is 2.37. The summed E-state index contributed by atoms with van der Waals surface area (Å²) >= 11 is 0. The van der Waals surface area contributed by atoms with E-state index in [-0.39, 0.29) is 0 Å². The summed E-state index contributed by atoms with van der Waals surface area (Å²) in [6.07, 6.45) is 7.01. The van der Waals surface area contributed by atoms with Gasteiger partial charge in [-0.15, -0.1) is 0 Å². The second kappa shape index (κ2) is 4.65. The zero-order valence-corrected chi connectivity index (χ0v) is 9.98. The van der Waals surface area contributed by atoms with Crippen LogP contribution in [0.3, 0.4) is 0 Å². The molecule has 0 radical (unpaired) electrons. The average Bonchev–Trinajstić information content (AvgIpc) is 2.95. The molecule has 0 amide bonds. The van der Waals surface area contributed by atoms with Gasteiger partial charge in [-0.2, -0.15) is 0 Å². The number of aromatic nitrogens is 2. The van der Waals surface area contributed by atoms with Crippen molar-refractivity contribution in [1.82, 2.24) is 9.55 Å². The minimum absolute atomic E-state index is 0.314. The van der Waals surface area contributed by atoms with E-state index in [1.165, 1.54) is 19.0 Å². The van der Waals surface area contributed by atoms with Crippen molar-refractivity contribution in [1.29, 1.82) is 0 Å². The first-order valence-electron chi connectivity index (χ1n) is 5.90. The molecule has 0 bridgehead atoms. The highest BCUT2D eigenvalue weighted by Gasteiger charge is 2.26. The molecule has 4 heteroatoms. The van der Waals surface area contributed by atoms with E-state index in [0.29, 0.717) is 11.7 Å². The van der Waals surface area contributed by atoms with Gasteiger partial charge in [-0.05, 0) is 25.8 Å². The van der Waals surface area contributed by atoms with Crippen molar-refractivity contribution in [2.24, 2.45) is 0 Å². The molecule has 17 heavy (non-hydrogen) atoms. The lowest BCUT2D eigenvalue weighted by Gasteiger charge is -2.16. The lowest BCUT2D eigenvalue weighted by atomic mass is 10.1. The first-order valence-corrected chi connectivity index (χ1v) is 5.90. The predicted molar refractivity (Wildman–Crippen MR) is 64.0 cm³/mol. The highest BCUT2D eigenvalue weighted by molar-refractivity contribution is 6.46. The largest absolute Gasteiger partial charge is 0.322 e. The highest BCUT2D eigenvalue weighted by atomic mass is 16.2. The van der Waals surface area contributed by atoms with Gasteiger partial charge in [-0.25, -0.2) is 4.98 Å². The van der Waals surface area contributed by atoms with Gasteiger partial charge in [-0.1, -0.05) is 19.4 Å². The molecule has 0 spiro atoms. The van der Waals surface area contributed by atoms with E-state index in [2.05, 4.69) is 11.6 Å². The van der Waals surface area contributed by atoms with E-state index < -0.39 is 11.6 Å². The number of imidazole rings is 1. The van der Waals surface area contributed by atoms with E-state index in [1.54, 1.807) is 0 Å². The number of hydrogen-bond acceptors (Lipinski definition) is 3. The molecular weight excluding hydrogens is 216 g/mol. The van der Waals surface area contributed by atoms with Gasteiger partial charge in [0.1, 0.15) is 11.5 Å². The van der Waals surface area contributed by atoms with Crippen LogP contribution < -0.4 is 0 Å². The SMILES string of the molecule is C=CC(=O)C(=O)c1cnc(C)n1C1CCCC1. The summed E-state index contributed by atoms with van der Waals surface area (Å²) in [6.45, 7) is 5.21. The Hall–Kier alpha value is -1.71. The molecule has 0 N–H and O–H groups in total. The maximum absolute atomic E-state index is 11.9. The molecule has 0 aromatic carbocycles. The van der Waals surface area contributed by atoms with Crippen molar-refractivity contribution >= 4 is 11.6 Å². The van der Waals surface area contributed by atoms with Crippen LogP contribution in [0, 0.1) is 6.92 Å². The van der Waals surface area contributed by atoms with Crippen molar-refractivity contribution < 1.29 is 9.59 Å². The van der Waals surface area contributed by atoms with E-state index in [9.17, 15) is 9.59 Å². The molecular formula is C13H16N2O2. The van der Waals surface area contributed by atoms with Crippen LogP contribution in [0.1, 0.15) is 48.0 Å². The van der Waals surface area contributed by atoms with Crippen molar-refractivity contribution in [3.8, 4) is 0 Å². The third-order valence-electron chi connectivity index (χ3n) is 3.31. The minimum atomic E-state index is -0.566. The smallest absolute Gasteiger partial charge is 0.250 e. The predicted octanol–water partition coefficient (Wildman–Crippen LogP) is 2.24. The van der Waals surface area contributed by atoms with E-state index >= 15 is 0 Å². The average molecular weight is 232 g/mol. The second-order valence-corrected chi connectivity index (χ2v) is 4.40. The number of carbonyl (C=O) groups excluding carboxylic acids is 2. The summed E-state index contributed by atoms with van der Waals surface area (Å²) in [6, 6.07) is 0.314. The molecule has 90 valence electrons. The third-order valence-corrected chi connectivity index (χ3v) is 3.31. The lowest BCUT2D eigenvalue weighted by Crippen LogP contribution is -2.19. The van der Waals surface area contributed by atoms with Gasteiger partial charge >= 0.3 is 0 Å². The molecule has 2 rings (SSSR count). The quantitative estimate of drug-likeness (QED) is 0.454. The van der Waals surface area contributed by atoms with Crippen molar-refractivity contribution in [3.63, 3.8) is 0 Å². The molecule has 1 aliphatic carbocycles. The Morgan fingerprint density at radius 3 is 2.71 bits per heavy atom. The summed E-state index contributed by atoms with van der Waals surface area (Å²) < 4.78 is 1.91. The topological polar surface area (TPSA) is 52.0 Å². The third kappa shape index (κ3) is 2.07. The number of rotatable bonds is 4. The zero-order chi connectivity index (χ0) is 12.4. The van der Waals surface area contributed by atoms with E-state index in [4.69, 9.17) is 0 Å². The summed E-state index contributed by atoms with van der Waals surface area (Å²) in [5.74, 6) is -0.270. The van der Waals surface area contributed by atoms with Crippen LogP contribution in [-0.4, -0.2) is 21.1 Å². The van der Waals surface area contributed by atoms with Gasteiger partial charge in [0.25, 0.3) is 5.78 Å². The Morgan fingerprint density at radius 1 is 1.47 bits per heavy atom. The second-order valence-electron chi connectivity index (χ2n) is 4.40. The van der Waals surface area contributed by atoms with Crippen LogP contribution in [0.15, 0.2) is 18.9 Å². The molecule has 1 aromatic heterocycles. The van der Waals surface area contributed by atoms with Crippen LogP contribution in [0.4, 0.5) is 0 Å². The summed E-state index contributed by atoms with van der Waals surface area (Å²) in [5.41, 5.74) is 0.402. The maximum atomic E-state index is 11.9. The Kier molecular flexibility index (Phi) is 3.22. The van der Waals surface area contributed by atoms with Crippen LogP contribution in [0.25, 0.3) is 0 Å². The Morgan fingerprint density at radius 2 is 2.12 bits per heavy atom. The zero-order valence-electron chi connectivity index (χ0n) is 9.98. The number of carbonyl (C=O) groups is 2. The van der Waals surface area contributed by atoms with Gasteiger partial charge in [0.05, 0.1) is 6.20 Å². The lowest BCUT2D eigenvalue weighted by molar-refractivity contribution is -0.111. The summed E-state index contributed by atoms with van der Waals surface area (Å²) in [7, 11) is 0. The van der Waals surface area contributed by atoms with Crippen LogP contribution in [0.5, 0.6) is 0 Å². The summed E-state index contributed by atoms with van der Waals surface area (Å²) in [4.78, 5) is 27.4. The van der Waals surface area contributed by atoms with Crippen LogP contribution >= 0.6 is 0 Å². The molecule has 0 saturated heterocycles. The number of Topliss-reactive ketones (excluding diaryl/α,β-unsaturated/α-hetero) is 1. The Labute approximate surface area is 100 Å². The van der Waals surface area contributed by atoms with Gasteiger partial charge in [0, 0.05) is 6.04 Å². The molecule has 1 saturated carbocycles. The fourth-order valence-corrected chi connectivity index (χ4v) is 2.46. The summed E-state index contributed by atoms with van der Waals surface area (Å²) in [5, 5.41) is 0. The van der Waals surface area contributed by atoms with Crippen LogP contribution in [0.2, 0.25) is 0 Å². The van der Waals surface area contributed by atoms with E-state index in [1.807, 2.05) is 11.5 Å². The molecule has 1 fully saturated rings.